The summed E-state index contributed by atoms with van der Waals surface area (Å²) in [6.45, 7) is 2.57. The van der Waals surface area contributed by atoms with E-state index in [1.807, 2.05) is 0 Å². The molecule has 2 aromatic carbocycles. The first kappa shape index (κ1) is 25.4. The zero-order chi connectivity index (χ0) is 23.9. The number of carboxylic acids is 1. The zero-order valence-corrected chi connectivity index (χ0v) is 17.4. The monoisotopic (exact) mass is 460 g/mol. The van der Waals surface area contributed by atoms with Gasteiger partial charge in [0, 0.05) is 12.5 Å². The van der Waals surface area contributed by atoms with Crippen molar-refractivity contribution in [2.75, 3.05) is 13.2 Å². The Labute approximate surface area is 182 Å². The molecule has 2 rings (SSSR count). The van der Waals surface area contributed by atoms with Crippen molar-refractivity contribution in [3.8, 4) is 11.5 Å². The second-order valence-electron chi connectivity index (χ2n) is 7.28. The van der Waals surface area contributed by atoms with Gasteiger partial charge in [-0.3, -0.25) is 0 Å². The minimum absolute atomic E-state index is 0.0934. The predicted octanol–water partition coefficient (Wildman–Crippen LogP) is 4.08. The average molecular weight is 460 g/mol. The van der Waals surface area contributed by atoms with Gasteiger partial charge >= 0.3 is 12.1 Å². The van der Waals surface area contributed by atoms with Gasteiger partial charge in [0.05, 0.1) is 11.7 Å². The van der Waals surface area contributed by atoms with Gasteiger partial charge in [0.25, 0.3) is 0 Å². The number of alkyl halides is 3. The van der Waals surface area contributed by atoms with Crippen LogP contribution in [0, 0.1) is 5.82 Å². The van der Waals surface area contributed by atoms with Gasteiger partial charge in [-0.05, 0) is 43.7 Å². The van der Waals surface area contributed by atoms with E-state index in [4.69, 9.17) is 14.2 Å². The smallest absolute Gasteiger partial charge is 0.419 e. The number of aliphatic hydroxyl groups is 1. The largest absolute Gasteiger partial charge is 0.491 e. The van der Waals surface area contributed by atoms with Crippen LogP contribution >= 0.6 is 0 Å². The summed E-state index contributed by atoms with van der Waals surface area (Å²) < 4.78 is 68.0. The van der Waals surface area contributed by atoms with E-state index in [1.54, 1.807) is 38.1 Å². The fraction of sp³-hybridized carbons (Fsp3) is 0.409. The Balaban J connectivity index is 1.94. The maximum atomic E-state index is 13.3. The molecule has 0 aliphatic carbocycles. The Hall–Kier alpha value is -2.85. The molecular weight excluding hydrogens is 436 g/mol. The lowest BCUT2D eigenvalue weighted by Crippen LogP contribution is -2.29. The van der Waals surface area contributed by atoms with Crippen molar-refractivity contribution < 1.29 is 46.8 Å². The molecule has 0 radical (unpaired) electrons. The number of carbonyl (C=O) groups is 1. The molecule has 0 heterocycles. The van der Waals surface area contributed by atoms with E-state index in [2.05, 4.69) is 0 Å². The van der Waals surface area contributed by atoms with Crippen molar-refractivity contribution in [2.24, 2.45) is 0 Å². The van der Waals surface area contributed by atoms with Gasteiger partial charge in [-0.15, -0.1) is 0 Å². The van der Waals surface area contributed by atoms with Crippen molar-refractivity contribution in [3.05, 3.63) is 59.4 Å². The normalized spacial score (nSPS) is 13.6. The van der Waals surface area contributed by atoms with Crippen LogP contribution in [0.1, 0.15) is 25.0 Å². The lowest BCUT2D eigenvalue weighted by molar-refractivity contribution is -0.153. The molecule has 0 saturated heterocycles. The van der Waals surface area contributed by atoms with Crippen LogP contribution in [0.25, 0.3) is 0 Å². The Morgan fingerprint density at radius 2 is 1.75 bits per heavy atom. The molecule has 176 valence electrons. The Bertz CT molecular complexity index is 900. The number of benzene rings is 2. The SMILES string of the molecule is CC(C)O[C@@H](Cc1cccc(OC[C@H](O)COc2cc(F)ccc2C(F)(F)F)c1)C(=O)O. The van der Waals surface area contributed by atoms with Crippen LogP contribution in [0.4, 0.5) is 17.6 Å². The van der Waals surface area contributed by atoms with Gasteiger partial charge in [0.2, 0.25) is 0 Å². The second kappa shape index (κ2) is 11.1. The second-order valence-corrected chi connectivity index (χ2v) is 7.28. The first-order valence-corrected chi connectivity index (χ1v) is 9.73. The van der Waals surface area contributed by atoms with Crippen molar-refractivity contribution >= 4 is 5.97 Å². The van der Waals surface area contributed by atoms with Crippen LogP contribution in [0.3, 0.4) is 0 Å². The van der Waals surface area contributed by atoms with Crippen LogP contribution in [-0.2, 0) is 22.1 Å². The maximum absolute atomic E-state index is 13.3. The van der Waals surface area contributed by atoms with E-state index in [-0.39, 0.29) is 19.1 Å². The lowest BCUT2D eigenvalue weighted by Gasteiger charge is -2.18. The third-order valence-corrected chi connectivity index (χ3v) is 4.15. The van der Waals surface area contributed by atoms with E-state index in [9.17, 15) is 32.6 Å². The summed E-state index contributed by atoms with van der Waals surface area (Å²) in [6.07, 6.45) is -7.27. The molecule has 0 bridgehead atoms. The molecule has 0 spiro atoms. The summed E-state index contributed by atoms with van der Waals surface area (Å²) in [6, 6.07) is 8.29. The van der Waals surface area contributed by atoms with Gasteiger partial charge in [-0.2, -0.15) is 13.2 Å². The van der Waals surface area contributed by atoms with Crippen LogP contribution in [0.5, 0.6) is 11.5 Å². The first-order valence-electron chi connectivity index (χ1n) is 9.73. The summed E-state index contributed by atoms with van der Waals surface area (Å²) in [7, 11) is 0. The van der Waals surface area contributed by atoms with Gasteiger partial charge in [0.1, 0.15) is 36.6 Å². The number of aliphatic hydroxyl groups excluding tert-OH is 1. The van der Waals surface area contributed by atoms with Gasteiger partial charge < -0.3 is 24.4 Å². The quantitative estimate of drug-likeness (QED) is 0.492. The Kier molecular flexibility index (Phi) is 8.85. The molecule has 2 aromatic rings. The minimum atomic E-state index is -4.74. The summed E-state index contributed by atoms with van der Waals surface area (Å²) in [5.41, 5.74) is -0.535. The van der Waals surface area contributed by atoms with Crippen LogP contribution in [0.15, 0.2) is 42.5 Å². The van der Waals surface area contributed by atoms with Gasteiger partial charge in [-0.1, -0.05) is 12.1 Å². The van der Waals surface area contributed by atoms with Crippen LogP contribution < -0.4 is 9.47 Å². The summed E-state index contributed by atoms with van der Waals surface area (Å²) >= 11 is 0. The Morgan fingerprint density at radius 3 is 2.38 bits per heavy atom. The third kappa shape index (κ3) is 8.01. The molecular formula is C22H24F4O6. The van der Waals surface area contributed by atoms with Crippen molar-refractivity contribution in [1.29, 1.82) is 0 Å². The number of hydrogen-bond donors (Lipinski definition) is 2. The minimum Gasteiger partial charge on any atom is -0.491 e. The van der Waals surface area contributed by atoms with Gasteiger partial charge in [-0.25, -0.2) is 9.18 Å². The average Bonchev–Trinajstić information content (AvgIpc) is 2.69. The lowest BCUT2D eigenvalue weighted by atomic mass is 10.1. The number of carboxylic acid groups (broad SMARTS) is 1. The van der Waals surface area contributed by atoms with Crippen LogP contribution in [-0.4, -0.2) is 47.7 Å². The maximum Gasteiger partial charge on any atom is 0.419 e. The first-order chi connectivity index (χ1) is 15.0. The van der Waals surface area contributed by atoms with E-state index >= 15 is 0 Å². The number of halogens is 4. The molecule has 2 N–H and O–H groups in total. The fourth-order valence-electron chi connectivity index (χ4n) is 2.77. The number of rotatable bonds is 11. The molecule has 0 unspecified atom stereocenters. The highest BCUT2D eigenvalue weighted by Gasteiger charge is 2.34. The van der Waals surface area contributed by atoms with E-state index in [0.29, 0.717) is 29.5 Å². The molecule has 0 amide bonds. The Morgan fingerprint density at radius 1 is 1.06 bits per heavy atom. The highest BCUT2D eigenvalue weighted by atomic mass is 19.4. The van der Waals surface area contributed by atoms with E-state index in [0.717, 1.165) is 0 Å². The van der Waals surface area contributed by atoms with E-state index < -0.39 is 48.1 Å². The standard InChI is InChI=1S/C22H24F4O6/c1-13(2)32-20(21(28)29)9-14-4-3-5-17(8-14)30-11-16(27)12-31-19-10-15(23)6-7-18(19)22(24,25)26/h3-8,10,13,16,20,27H,9,11-12H2,1-2H3,(H,28,29)/t16-,20-/m0/s1. The summed E-state index contributed by atoms with van der Waals surface area (Å²) in [5.74, 6) is -2.43. The number of hydrogen-bond acceptors (Lipinski definition) is 5. The summed E-state index contributed by atoms with van der Waals surface area (Å²) in [4.78, 5) is 11.3. The predicted molar refractivity (Wildman–Crippen MR) is 106 cm³/mol. The summed E-state index contributed by atoms with van der Waals surface area (Å²) in [5, 5.41) is 19.3. The molecule has 2 atom stereocenters. The number of ether oxygens (including phenoxy) is 3. The number of aliphatic carboxylic acids is 1. The molecule has 6 nitrogen and oxygen atoms in total. The molecule has 0 aromatic heterocycles. The fourth-order valence-corrected chi connectivity index (χ4v) is 2.77. The molecule has 32 heavy (non-hydrogen) atoms. The van der Waals surface area contributed by atoms with E-state index in [1.165, 1.54) is 0 Å². The van der Waals surface area contributed by atoms with Gasteiger partial charge in [0.15, 0.2) is 6.10 Å². The zero-order valence-electron chi connectivity index (χ0n) is 17.4. The van der Waals surface area contributed by atoms with Crippen LogP contribution in [0.2, 0.25) is 0 Å². The highest BCUT2D eigenvalue weighted by Crippen LogP contribution is 2.36. The molecule has 0 fully saturated rings. The highest BCUT2D eigenvalue weighted by molar-refractivity contribution is 5.72. The molecule has 10 heteroatoms. The van der Waals surface area contributed by atoms with Crippen molar-refractivity contribution in [1.82, 2.24) is 0 Å². The molecule has 0 aliphatic heterocycles. The topological polar surface area (TPSA) is 85.2 Å². The van der Waals surface area contributed by atoms with Crippen molar-refractivity contribution in [3.63, 3.8) is 0 Å². The third-order valence-electron chi connectivity index (χ3n) is 4.15. The van der Waals surface area contributed by atoms with Crippen molar-refractivity contribution in [2.45, 2.75) is 44.8 Å². The molecule has 0 saturated carbocycles. The molecule has 0 aliphatic rings.